The number of nitrogens with one attached hydrogen (secondary N) is 1. The van der Waals surface area contributed by atoms with Crippen LogP contribution in [-0.4, -0.2) is 57.7 Å². The van der Waals surface area contributed by atoms with Crippen molar-refractivity contribution in [1.82, 2.24) is 19.6 Å². The smallest absolute Gasteiger partial charge is 0.321 e. The minimum Gasteiger partial charge on any atom is -0.335 e. The molecule has 160 valence electrons. The van der Waals surface area contributed by atoms with Crippen LogP contribution in [0.4, 0.5) is 10.5 Å². The number of nitrogens with zero attached hydrogens (tertiary/aromatic N) is 4. The summed E-state index contributed by atoms with van der Waals surface area (Å²) >= 11 is 6.21. The molecule has 2 heterocycles. The molecule has 1 aliphatic rings. The summed E-state index contributed by atoms with van der Waals surface area (Å²) in [5, 5.41) is 7.89. The maximum atomic E-state index is 12.9. The van der Waals surface area contributed by atoms with Crippen molar-refractivity contribution in [2.75, 3.05) is 31.5 Å². The zero-order chi connectivity index (χ0) is 21.8. The highest BCUT2D eigenvalue weighted by atomic mass is 35.5. The Bertz CT molecular complexity index is 1090. The van der Waals surface area contributed by atoms with Crippen molar-refractivity contribution >= 4 is 29.2 Å². The molecule has 0 spiro atoms. The van der Waals surface area contributed by atoms with E-state index in [1.54, 1.807) is 26.9 Å². The summed E-state index contributed by atoms with van der Waals surface area (Å²) in [5.41, 5.74) is 3.34. The van der Waals surface area contributed by atoms with Gasteiger partial charge in [-0.25, -0.2) is 4.79 Å². The van der Waals surface area contributed by atoms with E-state index in [0.29, 0.717) is 43.3 Å². The molecule has 3 aromatic rings. The molecule has 1 aliphatic heterocycles. The Hall–Kier alpha value is -3.32. The maximum Gasteiger partial charge on any atom is 0.321 e. The Kier molecular flexibility index (Phi) is 6.23. The second-order valence-corrected chi connectivity index (χ2v) is 8.00. The lowest BCUT2D eigenvalue weighted by atomic mass is 10.2. The first kappa shape index (κ1) is 20.9. The monoisotopic (exact) mass is 437 g/mol. The normalized spacial score (nSPS) is 13.9. The lowest BCUT2D eigenvalue weighted by Crippen LogP contribution is -2.51. The molecule has 0 bridgehead atoms. The van der Waals surface area contributed by atoms with E-state index in [2.05, 4.69) is 10.4 Å². The Labute approximate surface area is 186 Å². The van der Waals surface area contributed by atoms with Crippen LogP contribution in [0.2, 0.25) is 5.02 Å². The van der Waals surface area contributed by atoms with Gasteiger partial charge in [0, 0.05) is 43.1 Å². The van der Waals surface area contributed by atoms with Crippen molar-refractivity contribution in [3.63, 3.8) is 0 Å². The van der Waals surface area contributed by atoms with Gasteiger partial charge in [0.25, 0.3) is 5.91 Å². The summed E-state index contributed by atoms with van der Waals surface area (Å²) in [4.78, 5) is 28.9. The SMILES string of the molecule is Cc1cccc(NC(=O)N2CCN(C(=O)c3cnn(Cc4ccccc4Cl)c3)CC2)c1. The zero-order valence-corrected chi connectivity index (χ0v) is 18.0. The fourth-order valence-electron chi connectivity index (χ4n) is 3.58. The molecule has 1 N–H and O–H groups in total. The minimum atomic E-state index is -0.148. The van der Waals surface area contributed by atoms with E-state index in [0.717, 1.165) is 16.8 Å². The van der Waals surface area contributed by atoms with Crippen LogP contribution >= 0.6 is 11.6 Å². The first-order valence-corrected chi connectivity index (χ1v) is 10.5. The van der Waals surface area contributed by atoms with Gasteiger partial charge in [-0.2, -0.15) is 5.10 Å². The van der Waals surface area contributed by atoms with Crippen LogP contribution in [0, 0.1) is 6.92 Å². The molecule has 0 radical (unpaired) electrons. The van der Waals surface area contributed by atoms with Crippen molar-refractivity contribution in [3.05, 3.63) is 82.6 Å². The van der Waals surface area contributed by atoms with Crippen LogP contribution < -0.4 is 5.32 Å². The average molecular weight is 438 g/mol. The molecule has 7 nitrogen and oxygen atoms in total. The number of halogens is 1. The average Bonchev–Trinajstić information content (AvgIpc) is 3.23. The number of aryl methyl sites for hydroxylation is 1. The molecule has 0 atom stereocenters. The van der Waals surface area contributed by atoms with Crippen molar-refractivity contribution in [1.29, 1.82) is 0 Å². The van der Waals surface area contributed by atoms with Gasteiger partial charge in [-0.3, -0.25) is 9.48 Å². The Morgan fingerprint density at radius 3 is 2.52 bits per heavy atom. The number of amides is 3. The van der Waals surface area contributed by atoms with Crippen LogP contribution in [0.1, 0.15) is 21.5 Å². The van der Waals surface area contributed by atoms with Gasteiger partial charge >= 0.3 is 6.03 Å². The van der Waals surface area contributed by atoms with Crippen LogP contribution in [0.3, 0.4) is 0 Å². The molecular weight excluding hydrogens is 414 g/mol. The van der Waals surface area contributed by atoms with E-state index in [-0.39, 0.29) is 11.9 Å². The first-order chi connectivity index (χ1) is 15.0. The fraction of sp³-hybridized carbons (Fsp3) is 0.261. The first-order valence-electron chi connectivity index (χ1n) is 10.2. The zero-order valence-electron chi connectivity index (χ0n) is 17.3. The van der Waals surface area contributed by atoms with Gasteiger partial charge in [0.2, 0.25) is 0 Å². The van der Waals surface area contributed by atoms with Crippen LogP contribution in [-0.2, 0) is 6.54 Å². The van der Waals surface area contributed by atoms with Crippen molar-refractivity contribution in [2.24, 2.45) is 0 Å². The number of anilines is 1. The van der Waals surface area contributed by atoms with E-state index < -0.39 is 0 Å². The van der Waals surface area contributed by atoms with E-state index in [4.69, 9.17) is 11.6 Å². The number of urea groups is 1. The van der Waals surface area contributed by atoms with Crippen molar-refractivity contribution in [3.8, 4) is 0 Å². The number of aromatic nitrogens is 2. The Morgan fingerprint density at radius 1 is 1.03 bits per heavy atom. The summed E-state index contributed by atoms with van der Waals surface area (Å²) in [6, 6.07) is 15.1. The Morgan fingerprint density at radius 2 is 1.77 bits per heavy atom. The standard InChI is InChI=1S/C23H24ClN5O2/c1-17-5-4-7-20(13-17)26-23(31)28-11-9-27(10-12-28)22(30)19-14-25-29(16-19)15-18-6-2-3-8-21(18)24/h2-8,13-14,16H,9-12,15H2,1H3,(H,26,31). The Balaban J connectivity index is 1.32. The second kappa shape index (κ2) is 9.22. The highest BCUT2D eigenvalue weighted by molar-refractivity contribution is 6.31. The van der Waals surface area contributed by atoms with E-state index in [9.17, 15) is 9.59 Å². The van der Waals surface area contributed by atoms with E-state index in [1.165, 1.54) is 0 Å². The number of carbonyl (C=O) groups excluding carboxylic acids is 2. The predicted octanol–water partition coefficient (Wildman–Crippen LogP) is 3.88. The minimum absolute atomic E-state index is 0.0795. The quantitative estimate of drug-likeness (QED) is 0.673. The molecule has 3 amide bonds. The van der Waals surface area contributed by atoms with Crippen molar-refractivity contribution in [2.45, 2.75) is 13.5 Å². The highest BCUT2D eigenvalue weighted by Crippen LogP contribution is 2.17. The van der Waals surface area contributed by atoms with Crippen LogP contribution in [0.15, 0.2) is 60.9 Å². The summed E-state index contributed by atoms with van der Waals surface area (Å²) in [6.45, 7) is 4.41. The molecule has 0 aliphatic carbocycles. The molecule has 2 aromatic carbocycles. The third-order valence-electron chi connectivity index (χ3n) is 5.29. The van der Waals surface area contributed by atoms with Crippen LogP contribution in [0.5, 0.6) is 0 Å². The molecule has 31 heavy (non-hydrogen) atoms. The van der Waals surface area contributed by atoms with Crippen LogP contribution in [0.25, 0.3) is 0 Å². The second-order valence-electron chi connectivity index (χ2n) is 7.60. The van der Waals surface area contributed by atoms with E-state index in [1.807, 2.05) is 55.5 Å². The van der Waals surface area contributed by atoms with E-state index >= 15 is 0 Å². The van der Waals surface area contributed by atoms with Gasteiger partial charge in [-0.15, -0.1) is 0 Å². The molecule has 1 aromatic heterocycles. The molecule has 0 unspecified atom stereocenters. The van der Waals surface area contributed by atoms with Crippen molar-refractivity contribution < 1.29 is 9.59 Å². The fourth-order valence-corrected chi connectivity index (χ4v) is 3.78. The number of piperazine rings is 1. The third-order valence-corrected chi connectivity index (χ3v) is 5.66. The van der Waals surface area contributed by atoms with Gasteiger partial charge < -0.3 is 15.1 Å². The van der Waals surface area contributed by atoms with Gasteiger partial charge in [0.1, 0.15) is 0 Å². The highest BCUT2D eigenvalue weighted by Gasteiger charge is 2.25. The molecule has 4 rings (SSSR count). The molecule has 0 saturated carbocycles. The van der Waals surface area contributed by atoms with Gasteiger partial charge in [-0.1, -0.05) is 41.9 Å². The maximum absolute atomic E-state index is 12.9. The number of rotatable bonds is 4. The molecule has 1 fully saturated rings. The lowest BCUT2D eigenvalue weighted by Gasteiger charge is -2.34. The summed E-state index contributed by atoms with van der Waals surface area (Å²) in [6.07, 6.45) is 3.32. The summed E-state index contributed by atoms with van der Waals surface area (Å²) in [7, 11) is 0. The topological polar surface area (TPSA) is 70.5 Å². The summed E-state index contributed by atoms with van der Waals surface area (Å²) < 4.78 is 1.71. The van der Waals surface area contributed by atoms with Gasteiger partial charge in [-0.05, 0) is 36.2 Å². The van der Waals surface area contributed by atoms with Gasteiger partial charge in [0.05, 0.1) is 18.3 Å². The van der Waals surface area contributed by atoms with Gasteiger partial charge in [0.15, 0.2) is 0 Å². The third kappa shape index (κ3) is 5.06. The molecule has 8 heteroatoms. The summed E-state index contributed by atoms with van der Waals surface area (Å²) in [5.74, 6) is -0.0795. The predicted molar refractivity (Wildman–Crippen MR) is 120 cm³/mol. The largest absolute Gasteiger partial charge is 0.335 e. The number of benzene rings is 2. The molecule has 1 saturated heterocycles. The number of hydrogen-bond donors (Lipinski definition) is 1. The number of carbonyl (C=O) groups is 2. The lowest BCUT2D eigenvalue weighted by molar-refractivity contribution is 0.0671. The number of hydrogen-bond acceptors (Lipinski definition) is 3. The molecular formula is C23H24ClN5O2.